The van der Waals surface area contributed by atoms with Gasteiger partial charge < -0.3 is 9.64 Å². The molecule has 1 atom stereocenters. The molecular weight excluding hydrogens is 162 g/mol. The Morgan fingerprint density at radius 3 is 2.23 bits per heavy atom. The second-order valence-electron chi connectivity index (χ2n) is 3.11. The Morgan fingerprint density at radius 2 is 1.85 bits per heavy atom. The lowest BCUT2D eigenvalue weighted by atomic mass is 10.2. The Bertz CT molecular complexity index is 86.2. The van der Waals surface area contributed by atoms with Gasteiger partial charge in [0, 0.05) is 19.8 Å². The van der Waals surface area contributed by atoms with Gasteiger partial charge in [0.25, 0.3) is 0 Å². The van der Waals surface area contributed by atoms with Crippen molar-refractivity contribution in [2.24, 2.45) is 0 Å². The lowest BCUT2D eigenvalue weighted by molar-refractivity contribution is 0.153. The van der Waals surface area contributed by atoms with Gasteiger partial charge in [0.1, 0.15) is 0 Å². The molecule has 0 saturated heterocycles. The van der Waals surface area contributed by atoms with Crippen LogP contribution in [0.3, 0.4) is 0 Å². The lowest BCUT2D eigenvalue weighted by Crippen LogP contribution is -2.30. The average molecular weight is 189 g/mol. The van der Waals surface area contributed by atoms with Gasteiger partial charge >= 0.3 is 0 Å². The van der Waals surface area contributed by atoms with Gasteiger partial charge in [-0.25, -0.2) is 0 Å². The maximum Gasteiger partial charge on any atom is 0.0477 e. The van der Waals surface area contributed by atoms with E-state index in [4.69, 9.17) is 4.74 Å². The maximum absolute atomic E-state index is 5.01. The standard InChI is InChI=1S/C9H21NO.C2H6/c1-5-7-10(3)9(2)6-8-11-4;1-2/h9H,5-8H2,1-4H3;1-2H3. The number of hydrogen-bond donors (Lipinski definition) is 0. The summed E-state index contributed by atoms with van der Waals surface area (Å²) in [5, 5.41) is 0. The molecular formula is C11H27NO. The summed E-state index contributed by atoms with van der Waals surface area (Å²) >= 11 is 0. The molecule has 0 aliphatic heterocycles. The van der Waals surface area contributed by atoms with Crippen LogP contribution in [0.4, 0.5) is 0 Å². The van der Waals surface area contributed by atoms with Crippen molar-refractivity contribution in [2.45, 2.75) is 46.6 Å². The summed E-state index contributed by atoms with van der Waals surface area (Å²) in [5.74, 6) is 0. The minimum atomic E-state index is 0.648. The zero-order valence-electron chi connectivity index (χ0n) is 10.3. The number of hydrogen-bond acceptors (Lipinski definition) is 2. The van der Waals surface area contributed by atoms with Crippen molar-refractivity contribution < 1.29 is 4.74 Å². The molecule has 2 nitrogen and oxygen atoms in total. The Morgan fingerprint density at radius 1 is 1.31 bits per heavy atom. The second-order valence-corrected chi connectivity index (χ2v) is 3.11. The van der Waals surface area contributed by atoms with Gasteiger partial charge in [0.05, 0.1) is 0 Å². The van der Waals surface area contributed by atoms with Crippen molar-refractivity contribution >= 4 is 0 Å². The van der Waals surface area contributed by atoms with Crippen molar-refractivity contribution in [2.75, 3.05) is 27.3 Å². The predicted molar refractivity (Wildman–Crippen MR) is 60.2 cm³/mol. The minimum Gasteiger partial charge on any atom is -0.385 e. The third-order valence-electron chi connectivity index (χ3n) is 2.07. The SMILES string of the molecule is CC.CCCN(C)C(C)CCOC. The van der Waals surface area contributed by atoms with Crippen LogP contribution >= 0.6 is 0 Å². The molecule has 0 aliphatic carbocycles. The first-order valence-electron chi connectivity index (χ1n) is 5.41. The van der Waals surface area contributed by atoms with Crippen LogP contribution in [0.25, 0.3) is 0 Å². The molecule has 0 aromatic rings. The van der Waals surface area contributed by atoms with Gasteiger partial charge in [0.15, 0.2) is 0 Å². The highest BCUT2D eigenvalue weighted by Crippen LogP contribution is 2.01. The van der Waals surface area contributed by atoms with E-state index in [-0.39, 0.29) is 0 Å². The van der Waals surface area contributed by atoms with E-state index < -0.39 is 0 Å². The molecule has 1 unspecified atom stereocenters. The molecule has 0 amide bonds. The Kier molecular flexibility index (Phi) is 14.1. The van der Waals surface area contributed by atoms with E-state index in [0.29, 0.717) is 6.04 Å². The van der Waals surface area contributed by atoms with Crippen LogP contribution in [0.1, 0.15) is 40.5 Å². The lowest BCUT2D eigenvalue weighted by Gasteiger charge is -2.23. The van der Waals surface area contributed by atoms with Crippen LogP contribution < -0.4 is 0 Å². The molecule has 0 aromatic heterocycles. The van der Waals surface area contributed by atoms with Gasteiger partial charge in [0.2, 0.25) is 0 Å². The van der Waals surface area contributed by atoms with E-state index in [2.05, 4.69) is 25.8 Å². The summed E-state index contributed by atoms with van der Waals surface area (Å²) in [4.78, 5) is 2.37. The Balaban J connectivity index is 0. The highest BCUT2D eigenvalue weighted by atomic mass is 16.5. The number of nitrogens with zero attached hydrogens (tertiary/aromatic N) is 1. The molecule has 0 heterocycles. The molecule has 0 fully saturated rings. The third-order valence-corrected chi connectivity index (χ3v) is 2.07. The summed E-state index contributed by atoms with van der Waals surface area (Å²) in [7, 11) is 3.93. The molecule has 0 saturated carbocycles. The largest absolute Gasteiger partial charge is 0.385 e. The monoisotopic (exact) mass is 189 g/mol. The number of rotatable bonds is 6. The van der Waals surface area contributed by atoms with E-state index in [1.807, 2.05) is 13.8 Å². The first-order chi connectivity index (χ1) is 6.22. The first kappa shape index (κ1) is 15.4. The van der Waals surface area contributed by atoms with Crippen LogP contribution in [-0.2, 0) is 4.74 Å². The Labute approximate surface area is 84.3 Å². The maximum atomic E-state index is 5.01. The summed E-state index contributed by atoms with van der Waals surface area (Å²) in [6.07, 6.45) is 2.36. The second kappa shape index (κ2) is 11.9. The van der Waals surface area contributed by atoms with Gasteiger partial charge in [-0.3, -0.25) is 0 Å². The fraction of sp³-hybridized carbons (Fsp3) is 1.00. The molecule has 0 aromatic carbocycles. The quantitative estimate of drug-likeness (QED) is 0.637. The normalized spacial score (nSPS) is 12.2. The first-order valence-corrected chi connectivity index (χ1v) is 5.41. The average Bonchev–Trinajstić information content (AvgIpc) is 2.17. The molecule has 13 heavy (non-hydrogen) atoms. The Hall–Kier alpha value is -0.0800. The highest BCUT2D eigenvalue weighted by Gasteiger charge is 2.06. The number of methoxy groups -OCH3 is 1. The van der Waals surface area contributed by atoms with E-state index >= 15 is 0 Å². The smallest absolute Gasteiger partial charge is 0.0477 e. The van der Waals surface area contributed by atoms with Gasteiger partial charge in [-0.1, -0.05) is 20.8 Å². The molecule has 0 aliphatic rings. The fourth-order valence-corrected chi connectivity index (χ4v) is 1.08. The van der Waals surface area contributed by atoms with Crippen molar-refractivity contribution in [3.05, 3.63) is 0 Å². The molecule has 0 N–H and O–H groups in total. The summed E-state index contributed by atoms with van der Waals surface area (Å²) in [6.45, 7) is 10.5. The van der Waals surface area contributed by atoms with Crippen LogP contribution in [0.5, 0.6) is 0 Å². The molecule has 82 valence electrons. The van der Waals surface area contributed by atoms with Crippen molar-refractivity contribution in [3.63, 3.8) is 0 Å². The summed E-state index contributed by atoms with van der Waals surface area (Å²) in [5.41, 5.74) is 0. The van der Waals surface area contributed by atoms with Crippen LogP contribution in [-0.4, -0.2) is 38.3 Å². The highest BCUT2D eigenvalue weighted by molar-refractivity contribution is 4.61. The molecule has 0 spiro atoms. The van der Waals surface area contributed by atoms with E-state index in [9.17, 15) is 0 Å². The molecule has 0 bridgehead atoms. The van der Waals surface area contributed by atoms with Crippen LogP contribution in [0.15, 0.2) is 0 Å². The minimum absolute atomic E-state index is 0.648. The van der Waals surface area contributed by atoms with Gasteiger partial charge in [-0.15, -0.1) is 0 Å². The van der Waals surface area contributed by atoms with Gasteiger partial charge in [-0.05, 0) is 33.4 Å². The summed E-state index contributed by atoms with van der Waals surface area (Å²) in [6, 6.07) is 0.648. The zero-order chi connectivity index (χ0) is 10.7. The summed E-state index contributed by atoms with van der Waals surface area (Å²) < 4.78 is 5.01. The van der Waals surface area contributed by atoms with E-state index in [1.54, 1.807) is 7.11 Å². The fourth-order valence-electron chi connectivity index (χ4n) is 1.08. The van der Waals surface area contributed by atoms with Crippen LogP contribution in [0.2, 0.25) is 0 Å². The van der Waals surface area contributed by atoms with E-state index in [0.717, 1.165) is 13.0 Å². The van der Waals surface area contributed by atoms with Crippen molar-refractivity contribution in [1.29, 1.82) is 0 Å². The van der Waals surface area contributed by atoms with Gasteiger partial charge in [-0.2, -0.15) is 0 Å². The van der Waals surface area contributed by atoms with Crippen LogP contribution in [0, 0.1) is 0 Å². The van der Waals surface area contributed by atoms with E-state index in [1.165, 1.54) is 13.0 Å². The molecule has 2 heteroatoms. The van der Waals surface area contributed by atoms with Crippen molar-refractivity contribution in [3.8, 4) is 0 Å². The predicted octanol–water partition coefficient (Wildman–Crippen LogP) is 2.78. The zero-order valence-corrected chi connectivity index (χ0v) is 10.3. The molecule has 0 radical (unpaired) electrons. The van der Waals surface area contributed by atoms with Crippen molar-refractivity contribution in [1.82, 2.24) is 4.90 Å². The topological polar surface area (TPSA) is 12.5 Å². The third kappa shape index (κ3) is 9.84. The molecule has 0 rings (SSSR count). The number of ether oxygens (including phenoxy) is 1.